The van der Waals surface area contributed by atoms with Crippen molar-refractivity contribution in [2.45, 2.75) is 12.8 Å². The number of rotatable bonds is 5. The van der Waals surface area contributed by atoms with Gasteiger partial charge in [-0.2, -0.15) is 0 Å². The molecule has 0 atom stereocenters. The van der Waals surface area contributed by atoms with E-state index in [9.17, 15) is 9.59 Å². The number of carbonyl (C=O) groups is 2. The number of hydrogen-bond donors (Lipinski definition) is 1. The molecule has 0 unspecified atom stereocenters. The number of carboxylic acids is 1. The number of pyridine rings is 1. The Morgan fingerprint density at radius 2 is 2.17 bits per heavy atom. The van der Waals surface area contributed by atoms with Crippen LogP contribution in [0.4, 0.5) is 0 Å². The number of amides is 1. The van der Waals surface area contributed by atoms with Crippen LogP contribution in [-0.2, 0) is 4.79 Å². The van der Waals surface area contributed by atoms with Crippen LogP contribution in [0.3, 0.4) is 0 Å². The van der Waals surface area contributed by atoms with Gasteiger partial charge in [-0.1, -0.05) is 6.07 Å². The van der Waals surface area contributed by atoms with Gasteiger partial charge in [0, 0.05) is 6.54 Å². The zero-order valence-electron chi connectivity index (χ0n) is 9.67. The topological polar surface area (TPSA) is 70.5 Å². The van der Waals surface area contributed by atoms with Gasteiger partial charge in [-0.15, -0.1) is 0 Å². The van der Waals surface area contributed by atoms with Crippen LogP contribution >= 0.6 is 15.9 Å². The van der Waals surface area contributed by atoms with E-state index in [-0.39, 0.29) is 18.1 Å². The Morgan fingerprint density at radius 3 is 2.72 bits per heavy atom. The third-order valence-electron chi connectivity index (χ3n) is 2.72. The Labute approximate surface area is 113 Å². The first-order valence-corrected chi connectivity index (χ1v) is 6.49. The molecule has 1 aromatic rings. The molecule has 0 aliphatic heterocycles. The average Bonchev–Trinajstić information content (AvgIpc) is 3.10. The second-order valence-electron chi connectivity index (χ2n) is 4.37. The van der Waals surface area contributed by atoms with Gasteiger partial charge in [-0.3, -0.25) is 9.59 Å². The standard InChI is InChI=1S/C12H13BrN2O3/c13-10-3-1-2-9(14-10)12(18)15(7-11(16)17)6-8-4-5-8/h1-3,8H,4-7H2,(H,16,17). The van der Waals surface area contributed by atoms with Crippen molar-refractivity contribution in [3.05, 3.63) is 28.5 Å². The van der Waals surface area contributed by atoms with E-state index in [4.69, 9.17) is 5.11 Å². The molecule has 1 aromatic heterocycles. The zero-order valence-corrected chi connectivity index (χ0v) is 11.3. The predicted octanol–water partition coefficient (Wildman–Crippen LogP) is 1.78. The molecule has 0 aromatic carbocycles. The van der Waals surface area contributed by atoms with Crippen molar-refractivity contribution in [3.63, 3.8) is 0 Å². The van der Waals surface area contributed by atoms with Crippen molar-refractivity contribution in [2.75, 3.05) is 13.1 Å². The van der Waals surface area contributed by atoms with Gasteiger partial charge in [0.05, 0.1) is 0 Å². The van der Waals surface area contributed by atoms with Crippen molar-refractivity contribution in [1.82, 2.24) is 9.88 Å². The molecule has 1 N–H and O–H groups in total. The number of aliphatic carboxylic acids is 1. The van der Waals surface area contributed by atoms with Crippen LogP contribution in [0.25, 0.3) is 0 Å². The molecule has 1 heterocycles. The van der Waals surface area contributed by atoms with Gasteiger partial charge < -0.3 is 10.0 Å². The molecule has 0 spiro atoms. The lowest BCUT2D eigenvalue weighted by atomic mass is 10.3. The van der Waals surface area contributed by atoms with Crippen molar-refractivity contribution >= 4 is 27.8 Å². The molecule has 2 rings (SSSR count). The first kappa shape index (κ1) is 13.0. The molecule has 1 saturated carbocycles. The molecule has 1 amide bonds. The van der Waals surface area contributed by atoms with Gasteiger partial charge in [0.2, 0.25) is 0 Å². The summed E-state index contributed by atoms with van der Waals surface area (Å²) in [6.07, 6.45) is 2.13. The zero-order chi connectivity index (χ0) is 13.1. The third-order valence-corrected chi connectivity index (χ3v) is 3.16. The molecule has 1 aliphatic rings. The molecule has 0 radical (unpaired) electrons. The number of hydrogen-bond acceptors (Lipinski definition) is 3. The maximum Gasteiger partial charge on any atom is 0.323 e. The fourth-order valence-corrected chi connectivity index (χ4v) is 2.03. The number of nitrogens with zero attached hydrogens (tertiary/aromatic N) is 2. The van der Waals surface area contributed by atoms with Crippen molar-refractivity contribution < 1.29 is 14.7 Å². The summed E-state index contributed by atoms with van der Waals surface area (Å²) < 4.78 is 0.565. The van der Waals surface area contributed by atoms with Crippen molar-refractivity contribution in [1.29, 1.82) is 0 Å². The second kappa shape index (κ2) is 5.48. The number of carboxylic acid groups (broad SMARTS) is 1. The maximum atomic E-state index is 12.2. The van der Waals surface area contributed by atoms with E-state index in [0.717, 1.165) is 12.8 Å². The van der Waals surface area contributed by atoms with Crippen LogP contribution in [-0.4, -0.2) is 40.0 Å². The van der Waals surface area contributed by atoms with Crippen LogP contribution in [0.15, 0.2) is 22.8 Å². The minimum atomic E-state index is -1.00. The quantitative estimate of drug-likeness (QED) is 0.841. The minimum absolute atomic E-state index is 0.270. The summed E-state index contributed by atoms with van der Waals surface area (Å²) in [4.78, 5) is 28.4. The van der Waals surface area contributed by atoms with E-state index in [0.29, 0.717) is 17.1 Å². The van der Waals surface area contributed by atoms with Gasteiger partial charge in [0.1, 0.15) is 16.8 Å². The van der Waals surface area contributed by atoms with E-state index < -0.39 is 5.97 Å². The van der Waals surface area contributed by atoms with E-state index in [1.165, 1.54) is 4.90 Å². The maximum absolute atomic E-state index is 12.2. The first-order chi connectivity index (χ1) is 8.56. The highest BCUT2D eigenvalue weighted by molar-refractivity contribution is 9.10. The lowest BCUT2D eigenvalue weighted by Crippen LogP contribution is -2.37. The normalized spacial score (nSPS) is 14.3. The Morgan fingerprint density at radius 1 is 1.44 bits per heavy atom. The molecule has 1 fully saturated rings. The third kappa shape index (κ3) is 3.53. The number of carbonyl (C=O) groups excluding carboxylic acids is 1. The molecular formula is C12H13BrN2O3. The molecular weight excluding hydrogens is 300 g/mol. The Bertz CT molecular complexity index is 474. The van der Waals surface area contributed by atoms with E-state index in [1.54, 1.807) is 18.2 Å². The fraction of sp³-hybridized carbons (Fsp3) is 0.417. The summed E-state index contributed by atoms with van der Waals surface area (Å²) >= 11 is 3.20. The number of halogens is 1. The monoisotopic (exact) mass is 312 g/mol. The smallest absolute Gasteiger partial charge is 0.323 e. The van der Waals surface area contributed by atoms with Crippen LogP contribution in [0.1, 0.15) is 23.3 Å². The fourth-order valence-electron chi connectivity index (χ4n) is 1.68. The summed E-state index contributed by atoms with van der Waals surface area (Å²) in [5, 5.41) is 8.84. The van der Waals surface area contributed by atoms with Gasteiger partial charge in [-0.25, -0.2) is 4.98 Å². The van der Waals surface area contributed by atoms with Crippen molar-refractivity contribution in [2.24, 2.45) is 5.92 Å². The number of aromatic nitrogens is 1. The second-order valence-corrected chi connectivity index (χ2v) is 5.18. The van der Waals surface area contributed by atoms with E-state index in [2.05, 4.69) is 20.9 Å². The lowest BCUT2D eigenvalue weighted by molar-refractivity contribution is -0.137. The molecule has 6 heteroatoms. The largest absolute Gasteiger partial charge is 0.480 e. The molecule has 0 bridgehead atoms. The predicted molar refractivity (Wildman–Crippen MR) is 68.2 cm³/mol. The molecule has 96 valence electrons. The van der Waals surface area contributed by atoms with E-state index >= 15 is 0 Å². The average molecular weight is 313 g/mol. The highest BCUT2D eigenvalue weighted by atomic mass is 79.9. The molecule has 1 aliphatic carbocycles. The summed E-state index contributed by atoms with van der Waals surface area (Å²) in [5.41, 5.74) is 0.270. The summed E-state index contributed by atoms with van der Waals surface area (Å²) in [6, 6.07) is 5.02. The molecule has 5 nitrogen and oxygen atoms in total. The van der Waals surface area contributed by atoms with Gasteiger partial charge >= 0.3 is 5.97 Å². The Kier molecular flexibility index (Phi) is 3.96. The molecule has 0 saturated heterocycles. The van der Waals surface area contributed by atoms with Crippen LogP contribution in [0.2, 0.25) is 0 Å². The van der Waals surface area contributed by atoms with Crippen LogP contribution in [0, 0.1) is 5.92 Å². The highest BCUT2D eigenvalue weighted by Crippen LogP contribution is 2.30. The summed E-state index contributed by atoms with van der Waals surface area (Å²) in [7, 11) is 0. The van der Waals surface area contributed by atoms with Gasteiger partial charge in [0.15, 0.2) is 0 Å². The Balaban J connectivity index is 2.12. The summed E-state index contributed by atoms with van der Waals surface area (Å²) in [6.45, 7) is 0.225. The SMILES string of the molecule is O=C(O)CN(CC1CC1)C(=O)c1cccc(Br)n1. The van der Waals surface area contributed by atoms with Gasteiger partial charge in [-0.05, 0) is 46.8 Å². The van der Waals surface area contributed by atoms with Gasteiger partial charge in [0.25, 0.3) is 5.91 Å². The summed E-state index contributed by atoms with van der Waals surface area (Å²) in [5.74, 6) is -0.884. The minimum Gasteiger partial charge on any atom is -0.480 e. The van der Waals surface area contributed by atoms with E-state index in [1.807, 2.05) is 0 Å². The highest BCUT2D eigenvalue weighted by Gasteiger charge is 2.28. The molecule has 18 heavy (non-hydrogen) atoms. The Hall–Kier alpha value is -1.43. The lowest BCUT2D eigenvalue weighted by Gasteiger charge is -2.20. The van der Waals surface area contributed by atoms with Crippen molar-refractivity contribution in [3.8, 4) is 0 Å². The van der Waals surface area contributed by atoms with Crippen LogP contribution < -0.4 is 0 Å². The van der Waals surface area contributed by atoms with Crippen LogP contribution in [0.5, 0.6) is 0 Å². The first-order valence-electron chi connectivity index (χ1n) is 5.70.